The zero-order valence-corrected chi connectivity index (χ0v) is 8.78. The van der Waals surface area contributed by atoms with E-state index in [4.69, 9.17) is 10.2 Å². The first-order valence-corrected chi connectivity index (χ1v) is 1.77. The number of carbonyl (C=O) groups is 2. The van der Waals surface area contributed by atoms with Crippen LogP contribution in [0, 0.1) is 14.9 Å². The van der Waals surface area contributed by atoms with Crippen molar-refractivity contribution in [3.63, 3.8) is 0 Å². The van der Waals surface area contributed by atoms with Crippen LogP contribution in [-0.4, -0.2) is 59.9 Å². The molecule has 0 aliphatic rings. The van der Waals surface area contributed by atoms with Gasteiger partial charge in [-0.3, -0.25) is 0 Å². The van der Waals surface area contributed by atoms with Crippen LogP contribution in [0.5, 0.6) is 0 Å². The fourth-order valence-electron chi connectivity index (χ4n) is 0.143. The first-order valence-electron chi connectivity index (χ1n) is 1.77. The van der Waals surface area contributed by atoms with Gasteiger partial charge >= 0.3 is 49.7 Å². The maximum absolute atomic E-state index is 9.55. The van der Waals surface area contributed by atoms with Crippen molar-refractivity contribution in [1.82, 2.24) is 0 Å². The third-order valence-electron chi connectivity index (χ3n) is 0.368. The van der Waals surface area contributed by atoms with Crippen molar-refractivity contribution in [2.45, 2.75) is 0 Å². The zero-order valence-electron chi connectivity index (χ0n) is 6.57. The fourth-order valence-corrected chi connectivity index (χ4v) is 0.143. The fraction of sp³-hybridized carbons (Fsp3) is 0. The maximum atomic E-state index is 9.55. The first kappa shape index (κ1) is 22.4. The van der Waals surface area contributed by atoms with Gasteiger partial charge in [0.05, 0.1) is 0 Å². The Bertz CT molecular complexity index is 126. The van der Waals surface area contributed by atoms with Crippen LogP contribution in [0.15, 0.2) is 12.2 Å². The van der Waals surface area contributed by atoms with E-state index >= 15 is 0 Å². The Balaban J connectivity index is -0.0000000817. The number of aliphatic carboxylic acids is 2. The van der Waals surface area contributed by atoms with Crippen LogP contribution in [0.2, 0.25) is 0 Å². The Hall–Kier alpha value is -0.0603. The average molecular weight is 186 g/mol. The second-order valence-corrected chi connectivity index (χ2v) is 1.01. The zero-order chi connectivity index (χ0) is 6.57. The normalized spacial score (nSPS) is 6.91. The van der Waals surface area contributed by atoms with E-state index in [1.165, 1.54) is 0 Å². The van der Waals surface area contributed by atoms with Crippen molar-refractivity contribution < 1.29 is 19.8 Å². The molecular weight excluding hydrogens is 176 g/mol. The van der Waals surface area contributed by atoms with Crippen LogP contribution < -0.4 is 0 Å². The quantitative estimate of drug-likeness (QED) is 0.368. The maximum Gasteiger partial charge on any atom is 2.00 e. The molecule has 0 unspecified atom stereocenters. The second-order valence-electron chi connectivity index (χ2n) is 1.01. The molecule has 0 aliphatic heterocycles. The molecule has 4 nitrogen and oxygen atoms in total. The molecule has 0 amide bonds. The summed E-state index contributed by atoms with van der Waals surface area (Å²) in [6.45, 7) is 0. The van der Waals surface area contributed by atoms with Crippen molar-refractivity contribution in [3.05, 3.63) is 27.0 Å². The van der Waals surface area contributed by atoms with Crippen molar-refractivity contribution in [1.29, 1.82) is 0 Å². The largest absolute Gasteiger partial charge is 2.00 e. The van der Waals surface area contributed by atoms with Gasteiger partial charge in [0.2, 0.25) is 0 Å². The molecule has 0 aromatic rings. The van der Waals surface area contributed by atoms with Gasteiger partial charge in [-0.05, 0) is 0 Å². The average Bonchev–Trinajstić information content (AvgIpc) is 1.61. The number of carboxylic acid groups (broad SMARTS) is 2. The van der Waals surface area contributed by atoms with Crippen LogP contribution in [0.1, 0.15) is 0 Å². The Labute approximate surface area is 95.9 Å². The molecule has 2 N–H and O–H groups in total. The van der Waals surface area contributed by atoms with E-state index in [-0.39, 0.29) is 52.6 Å². The van der Waals surface area contributed by atoms with E-state index in [9.17, 15) is 9.59 Å². The first-order chi connectivity index (χ1) is 3.63. The Morgan fingerprint density at radius 1 is 0.909 bits per heavy atom. The topological polar surface area (TPSA) is 74.6 Å². The predicted octanol–water partition coefficient (Wildman–Crippen LogP) is 0.232. The standard InChI is InChI=1S/C4H4O4.2CH3.Ca/c5-3(6)1-2-4(7)8;;;/h1-2H,(H,5,6)(H,7,8);2*1H3;/q;2*-1;+2/b2-1+;;;. The van der Waals surface area contributed by atoms with Crippen molar-refractivity contribution in [2.24, 2.45) is 0 Å². The minimum Gasteiger partial charge on any atom is -0.478 e. The van der Waals surface area contributed by atoms with E-state index in [0.29, 0.717) is 12.2 Å². The molecule has 60 valence electrons. The summed E-state index contributed by atoms with van der Waals surface area (Å²) in [5, 5.41) is 15.6. The van der Waals surface area contributed by atoms with Gasteiger partial charge in [-0.25, -0.2) is 9.59 Å². The molecule has 5 heteroatoms. The summed E-state index contributed by atoms with van der Waals surface area (Å²) in [7, 11) is 0. The third-order valence-corrected chi connectivity index (χ3v) is 0.368. The minimum atomic E-state index is -1.26. The van der Waals surface area contributed by atoms with Gasteiger partial charge in [-0.2, -0.15) is 0 Å². The number of carboxylic acids is 2. The summed E-state index contributed by atoms with van der Waals surface area (Å²) in [4.78, 5) is 19.1. The van der Waals surface area contributed by atoms with Gasteiger partial charge in [0.25, 0.3) is 0 Å². The summed E-state index contributed by atoms with van der Waals surface area (Å²) in [6, 6.07) is 0. The van der Waals surface area contributed by atoms with Crippen LogP contribution in [0.4, 0.5) is 0 Å². The minimum absolute atomic E-state index is 0. The Kier molecular flexibility index (Phi) is 25.7. The third kappa shape index (κ3) is 25.7. The van der Waals surface area contributed by atoms with Crippen LogP contribution >= 0.6 is 0 Å². The molecule has 0 radical (unpaired) electrons. The van der Waals surface area contributed by atoms with Gasteiger partial charge in [0.1, 0.15) is 0 Å². The molecule has 0 fully saturated rings. The summed E-state index contributed by atoms with van der Waals surface area (Å²) in [5.74, 6) is -2.51. The second kappa shape index (κ2) is 12.6. The van der Waals surface area contributed by atoms with Gasteiger partial charge in [0, 0.05) is 12.2 Å². The molecule has 0 atom stereocenters. The number of rotatable bonds is 2. The van der Waals surface area contributed by atoms with E-state index in [2.05, 4.69) is 0 Å². The summed E-state index contributed by atoms with van der Waals surface area (Å²) in [6.07, 6.45) is 1.12. The van der Waals surface area contributed by atoms with Crippen LogP contribution in [0.3, 0.4) is 0 Å². The molecule has 0 bridgehead atoms. The van der Waals surface area contributed by atoms with Crippen LogP contribution in [0.25, 0.3) is 0 Å². The van der Waals surface area contributed by atoms with E-state index in [1.54, 1.807) is 0 Å². The molecule has 0 heterocycles. The molecule has 0 spiro atoms. The molecule has 0 rings (SSSR count). The van der Waals surface area contributed by atoms with Gasteiger partial charge < -0.3 is 25.1 Å². The molecule has 0 saturated carbocycles. The van der Waals surface area contributed by atoms with Crippen molar-refractivity contribution >= 4 is 49.7 Å². The number of hydrogen-bond acceptors (Lipinski definition) is 2. The van der Waals surface area contributed by atoms with Gasteiger partial charge in [-0.15, -0.1) is 0 Å². The van der Waals surface area contributed by atoms with E-state index < -0.39 is 11.9 Å². The van der Waals surface area contributed by atoms with Crippen molar-refractivity contribution in [3.8, 4) is 0 Å². The van der Waals surface area contributed by atoms with E-state index in [0.717, 1.165) is 0 Å². The summed E-state index contributed by atoms with van der Waals surface area (Å²) >= 11 is 0. The van der Waals surface area contributed by atoms with Crippen LogP contribution in [-0.2, 0) is 9.59 Å². The molecule has 0 aromatic carbocycles. The Morgan fingerprint density at radius 3 is 1.18 bits per heavy atom. The Morgan fingerprint density at radius 2 is 1.09 bits per heavy atom. The molecule has 0 saturated heterocycles. The SMILES string of the molecule is O=C(O)/C=C/C(=O)O.[CH3-].[CH3-].[Ca+2]. The molecular formula is C6H10CaO4. The van der Waals surface area contributed by atoms with Gasteiger partial charge in [0.15, 0.2) is 0 Å². The monoisotopic (exact) mass is 186 g/mol. The summed E-state index contributed by atoms with van der Waals surface area (Å²) in [5.41, 5.74) is 0. The van der Waals surface area contributed by atoms with E-state index in [1.807, 2.05) is 0 Å². The molecule has 11 heavy (non-hydrogen) atoms. The molecule has 0 aromatic heterocycles. The predicted molar refractivity (Wildman–Crippen MR) is 43.0 cm³/mol. The van der Waals surface area contributed by atoms with Gasteiger partial charge in [-0.1, -0.05) is 0 Å². The smallest absolute Gasteiger partial charge is 0.478 e. The van der Waals surface area contributed by atoms with Crippen molar-refractivity contribution in [2.75, 3.05) is 0 Å². The molecule has 0 aliphatic carbocycles. The number of hydrogen-bond donors (Lipinski definition) is 2. The summed E-state index contributed by atoms with van der Waals surface area (Å²) < 4.78 is 0.